The van der Waals surface area contributed by atoms with Crippen molar-refractivity contribution in [3.63, 3.8) is 0 Å². The standard InChI is InChI=1S/C19H29N2O.Y/c1-4-21(13-5-6-14-21)17-11-8-12-20(19(17)22)18-15(2)9-7-10-16(18)3;/h7,9-10,17H,4-6,8,11-14H2,1-3H3;/q+1;. The van der Waals surface area contributed by atoms with E-state index in [1.807, 2.05) is 0 Å². The van der Waals surface area contributed by atoms with Gasteiger partial charge in [0.15, 0.2) is 6.04 Å². The van der Waals surface area contributed by atoms with Crippen LogP contribution in [0.3, 0.4) is 0 Å². The van der Waals surface area contributed by atoms with Crippen molar-refractivity contribution in [2.24, 2.45) is 0 Å². The summed E-state index contributed by atoms with van der Waals surface area (Å²) in [5.74, 6) is 0.368. The first-order valence-corrected chi connectivity index (χ1v) is 8.82. The minimum atomic E-state index is 0. The molecule has 1 aromatic rings. The largest absolute Gasteiger partial charge is 0.314 e. The van der Waals surface area contributed by atoms with Crippen molar-refractivity contribution in [3.8, 4) is 0 Å². The second-order valence-electron chi connectivity index (χ2n) is 7.08. The van der Waals surface area contributed by atoms with Crippen molar-refractivity contribution >= 4 is 11.6 Å². The van der Waals surface area contributed by atoms with Crippen LogP contribution in [0.1, 0.15) is 43.7 Å². The zero-order valence-electron chi connectivity index (χ0n) is 14.8. The Morgan fingerprint density at radius 3 is 2.30 bits per heavy atom. The molecule has 1 atom stereocenters. The van der Waals surface area contributed by atoms with E-state index in [-0.39, 0.29) is 38.8 Å². The topological polar surface area (TPSA) is 20.3 Å². The zero-order chi connectivity index (χ0) is 15.7. The normalized spacial score (nSPS) is 23.7. The van der Waals surface area contributed by atoms with Gasteiger partial charge in [0.05, 0.1) is 19.6 Å². The Hall–Kier alpha value is -0.246. The molecule has 2 aliphatic rings. The number of likely N-dealkylation sites (tertiary alicyclic amines) is 1. The third-order valence-corrected chi connectivity index (χ3v) is 5.87. The zero-order valence-corrected chi connectivity index (χ0v) is 17.7. The molecule has 2 aliphatic heterocycles. The fraction of sp³-hybridized carbons (Fsp3) is 0.632. The summed E-state index contributed by atoms with van der Waals surface area (Å²) in [4.78, 5) is 15.4. The molecule has 0 aliphatic carbocycles. The van der Waals surface area contributed by atoms with Crippen LogP contribution in [-0.2, 0) is 37.5 Å². The molecule has 1 radical (unpaired) electrons. The van der Waals surface area contributed by atoms with E-state index in [0.29, 0.717) is 5.91 Å². The predicted molar refractivity (Wildman–Crippen MR) is 91.1 cm³/mol. The van der Waals surface area contributed by atoms with E-state index in [1.54, 1.807) is 0 Å². The van der Waals surface area contributed by atoms with Gasteiger partial charge in [-0.2, -0.15) is 0 Å². The molecule has 0 aromatic heterocycles. The number of nitrogens with zero attached hydrogens (tertiary/aromatic N) is 2. The van der Waals surface area contributed by atoms with Gasteiger partial charge in [-0.3, -0.25) is 4.79 Å². The Labute approximate surface area is 165 Å². The number of hydrogen-bond acceptors (Lipinski definition) is 1. The molecule has 4 heteroatoms. The average molecular weight is 390 g/mol. The van der Waals surface area contributed by atoms with Gasteiger partial charge < -0.3 is 9.38 Å². The fourth-order valence-corrected chi connectivity index (χ4v) is 4.63. The Balaban J connectivity index is 0.00000192. The van der Waals surface area contributed by atoms with Crippen LogP contribution in [0, 0.1) is 13.8 Å². The van der Waals surface area contributed by atoms with Crippen LogP contribution >= 0.6 is 0 Å². The van der Waals surface area contributed by atoms with E-state index in [4.69, 9.17) is 0 Å². The minimum Gasteiger partial charge on any atom is -0.314 e. The SMILES string of the molecule is CC[N+]1(C2CCCN(c3c(C)cccc3C)C2=O)CCCC1.[Y]. The van der Waals surface area contributed by atoms with E-state index < -0.39 is 0 Å². The van der Waals surface area contributed by atoms with Crippen LogP contribution in [0.2, 0.25) is 0 Å². The summed E-state index contributed by atoms with van der Waals surface area (Å²) < 4.78 is 1.03. The van der Waals surface area contributed by atoms with Crippen molar-refractivity contribution in [1.29, 1.82) is 0 Å². The molecular formula is C19H29N2OY+. The summed E-state index contributed by atoms with van der Waals surface area (Å²) in [5, 5.41) is 0. The van der Waals surface area contributed by atoms with E-state index in [2.05, 4.69) is 43.9 Å². The molecule has 2 heterocycles. The number of para-hydroxylation sites is 1. The van der Waals surface area contributed by atoms with Crippen LogP contribution in [0.25, 0.3) is 0 Å². The minimum absolute atomic E-state index is 0. The van der Waals surface area contributed by atoms with Crippen molar-refractivity contribution in [2.45, 2.75) is 52.5 Å². The van der Waals surface area contributed by atoms with Crippen LogP contribution in [0.4, 0.5) is 5.69 Å². The molecule has 0 bridgehead atoms. The van der Waals surface area contributed by atoms with E-state index >= 15 is 0 Å². The van der Waals surface area contributed by atoms with Gasteiger partial charge in [0.1, 0.15) is 0 Å². The summed E-state index contributed by atoms with van der Waals surface area (Å²) >= 11 is 0. The van der Waals surface area contributed by atoms with Crippen LogP contribution in [0.5, 0.6) is 0 Å². The summed E-state index contributed by atoms with van der Waals surface area (Å²) in [6.07, 6.45) is 4.75. The monoisotopic (exact) mass is 390 g/mol. The molecule has 1 amide bonds. The molecule has 23 heavy (non-hydrogen) atoms. The van der Waals surface area contributed by atoms with Gasteiger partial charge in [-0.05, 0) is 38.3 Å². The van der Waals surface area contributed by atoms with Crippen molar-refractivity contribution < 1.29 is 42.0 Å². The second-order valence-corrected chi connectivity index (χ2v) is 7.08. The van der Waals surface area contributed by atoms with E-state index in [1.165, 1.54) is 37.1 Å². The summed E-state index contributed by atoms with van der Waals surface area (Å²) in [6.45, 7) is 10.9. The summed E-state index contributed by atoms with van der Waals surface area (Å²) in [6, 6.07) is 6.51. The summed E-state index contributed by atoms with van der Waals surface area (Å²) in [5.41, 5.74) is 3.60. The Bertz CT molecular complexity index is 546. The van der Waals surface area contributed by atoms with Crippen LogP contribution in [-0.4, -0.2) is 42.6 Å². The number of likely N-dealkylation sites (N-methyl/N-ethyl adjacent to an activating group) is 1. The molecule has 2 saturated heterocycles. The number of carbonyl (C=O) groups is 1. The van der Waals surface area contributed by atoms with Gasteiger partial charge in [-0.25, -0.2) is 0 Å². The first kappa shape index (κ1) is 19.1. The third kappa shape index (κ3) is 3.43. The van der Waals surface area contributed by atoms with E-state index in [0.717, 1.165) is 36.1 Å². The Morgan fingerprint density at radius 2 is 1.74 bits per heavy atom. The first-order valence-electron chi connectivity index (χ1n) is 8.82. The Morgan fingerprint density at radius 1 is 1.13 bits per heavy atom. The van der Waals surface area contributed by atoms with Gasteiger partial charge in [-0.1, -0.05) is 18.2 Å². The van der Waals surface area contributed by atoms with Gasteiger partial charge in [0, 0.05) is 64.2 Å². The first-order chi connectivity index (χ1) is 10.6. The number of hydrogen-bond donors (Lipinski definition) is 0. The van der Waals surface area contributed by atoms with Gasteiger partial charge in [0.2, 0.25) is 0 Å². The number of piperidine rings is 1. The van der Waals surface area contributed by atoms with Gasteiger partial charge in [0.25, 0.3) is 5.91 Å². The number of amides is 1. The molecule has 0 N–H and O–H groups in total. The average Bonchev–Trinajstić information content (AvgIpc) is 2.98. The maximum absolute atomic E-state index is 13.3. The predicted octanol–water partition coefficient (Wildman–Crippen LogP) is 3.43. The fourth-order valence-electron chi connectivity index (χ4n) is 4.63. The second kappa shape index (κ2) is 7.76. The number of aryl methyl sites for hydroxylation is 2. The third-order valence-electron chi connectivity index (χ3n) is 5.87. The number of rotatable bonds is 3. The molecule has 0 spiro atoms. The molecule has 123 valence electrons. The molecule has 2 fully saturated rings. The number of quaternary nitrogens is 1. The Kier molecular flexibility index (Phi) is 6.44. The van der Waals surface area contributed by atoms with Crippen LogP contribution < -0.4 is 4.90 Å². The maximum Gasteiger partial charge on any atom is 0.285 e. The number of carbonyl (C=O) groups excluding carboxylic acids is 1. The van der Waals surface area contributed by atoms with Gasteiger partial charge in [-0.15, -0.1) is 0 Å². The molecule has 3 rings (SSSR count). The number of benzene rings is 1. The van der Waals surface area contributed by atoms with Crippen molar-refractivity contribution in [3.05, 3.63) is 29.3 Å². The van der Waals surface area contributed by atoms with Crippen molar-refractivity contribution in [2.75, 3.05) is 31.1 Å². The van der Waals surface area contributed by atoms with E-state index in [9.17, 15) is 4.79 Å². The smallest absolute Gasteiger partial charge is 0.285 e. The summed E-state index contributed by atoms with van der Waals surface area (Å²) in [7, 11) is 0. The molecule has 1 unspecified atom stereocenters. The molecule has 1 aromatic carbocycles. The van der Waals surface area contributed by atoms with Crippen LogP contribution in [0.15, 0.2) is 18.2 Å². The molecule has 0 saturated carbocycles. The number of anilines is 1. The molecule has 3 nitrogen and oxygen atoms in total. The van der Waals surface area contributed by atoms with Gasteiger partial charge >= 0.3 is 0 Å². The quantitative estimate of drug-likeness (QED) is 0.725. The molecular weight excluding hydrogens is 361 g/mol. The maximum atomic E-state index is 13.3. The van der Waals surface area contributed by atoms with Crippen molar-refractivity contribution in [1.82, 2.24) is 0 Å².